The number of hydrogen-bond acceptors (Lipinski definition) is 3. The largest absolute Gasteiger partial charge is 0.417 e. The van der Waals surface area contributed by atoms with Crippen LogP contribution in [0.4, 0.5) is 18.9 Å². The molecule has 1 aromatic carbocycles. The summed E-state index contributed by atoms with van der Waals surface area (Å²) >= 11 is 0. The number of rotatable bonds is 3. The molecule has 5 nitrogen and oxygen atoms in total. The van der Waals surface area contributed by atoms with Gasteiger partial charge in [0.2, 0.25) is 5.91 Å². The first-order chi connectivity index (χ1) is 8.23. The van der Waals surface area contributed by atoms with Crippen molar-refractivity contribution >= 4 is 17.7 Å². The summed E-state index contributed by atoms with van der Waals surface area (Å²) in [5, 5.41) is 10.6. The molecule has 96 valence electrons. The summed E-state index contributed by atoms with van der Waals surface area (Å²) in [5.74, 6) is -0.999. The number of carbonyl (C=O) groups excluding carboxylic acids is 1. The molecule has 0 aliphatic rings. The molecule has 18 heavy (non-hydrogen) atoms. The highest BCUT2D eigenvalue weighted by molar-refractivity contribution is 5.91. The number of primary amides is 1. The van der Waals surface area contributed by atoms with E-state index in [1.807, 2.05) is 0 Å². The smallest absolute Gasteiger partial charge is 0.366 e. The van der Waals surface area contributed by atoms with E-state index in [0.717, 1.165) is 12.1 Å². The fourth-order valence-corrected chi connectivity index (χ4v) is 1.30. The van der Waals surface area contributed by atoms with E-state index in [9.17, 15) is 28.1 Å². The Kier molecular flexibility index (Phi) is 3.70. The van der Waals surface area contributed by atoms with Crippen molar-refractivity contribution in [1.29, 1.82) is 0 Å². The molecule has 0 bridgehead atoms. The van der Waals surface area contributed by atoms with Gasteiger partial charge in [-0.2, -0.15) is 13.2 Å². The average molecular weight is 260 g/mol. The third-order valence-electron chi connectivity index (χ3n) is 2.00. The number of benzene rings is 1. The molecule has 0 aliphatic heterocycles. The monoisotopic (exact) mass is 260 g/mol. The van der Waals surface area contributed by atoms with Gasteiger partial charge in [-0.05, 0) is 12.1 Å². The van der Waals surface area contributed by atoms with E-state index >= 15 is 0 Å². The van der Waals surface area contributed by atoms with Crippen LogP contribution in [0.3, 0.4) is 0 Å². The van der Waals surface area contributed by atoms with Gasteiger partial charge in [0.15, 0.2) is 0 Å². The van der Waals surface area contributed by atoms with Gasteiger partial charge in [-0.3, -0.25) is 14.9 Å². The van der Waals surface area contributed by atoms with Crippen molar-refractivity contribution in [2.24, 2.45) is 5.73 Å². The maximum Gasteiger partial charge on any atom is 0.417 e. The molecule has 0 saturated carbocycles. The Labute approximate surface area is 98.9 Å². The summed E-state index contributed by atoms with van der Waals surface area (Å²) in [6.45, 7) is 0. The fraction of sp³-hybridized carbons (Fsp3) is 0.100. The highest BCUT2D eigenvalue weighted by Crippen LogP contribution is 2.36. The second-order valence-corrected chi connectivity index (χ2v) is 3.23. The number of amides is 1. The number of carbonyl (C=O) groups is 1. The van der Waals surface area contributed by atoms with Gasteiger partial charge in [0, 0.05) is 12.1 Å². The minimum Gasteiger partial charge on any atom is -0.366 e. The molecule has 0 heterocycles. The van der Waals surface area contributed by atoms with E-state index in [2.05, 4.69) is 0 Å². The standard InChI is InChI=1S/C10H7F3N2O3/c11-10(12,13)7-2-1-3-8(15(17)18)6(7)4-5-9(14)16/h1-5H,(H2,14,16)/b5-4+. The molecule has 0 atom stereocenters. The second-order valence-electron chi connectivity index (χ2n) is 3.23. The van der Waals surface area contributed by atoms with Gasteiger partial charge in [-0.1, -0.05) is 6.07 Å². The van der Waals surface area contributed by atoms with Gasteiger partial charge in [-0.25, -0.2) is 0 Å². The second kappa shape index (κ2) is 4.86. The number of nitrogens with two attached hydrogens (primary N) is 1. The van der Waals surface area contributed by atoms with Crippen LogP contribution in [0.1, 0.15) is 11.1 Å². The molecule has 8 heteroatoms. The van der Waals surface area contributed by atoms with Crippen LogP contribution in [0.25, 0.3) is 6.08 Å². The summed E-state index contributed by atoms with van der Waals surface area (Å²) in [6.07, 6.45) is -3.44. The number of halogens is 3. The Balaban J connectivity index is 3.49. The Morgan fingerprint density at radius 2 is 2.00 bits per heavy atom. The molecular formula is C10H7F3N2O3. The Bertz CT molecular complexity index is 524. The van der Waals surface area contributed by atoms with Crippen LogP contribution >= 0.6 is 0 Å². The summed E-state index contributed by atoms with van der Waals surface area (Å²) in [6, 6.07) is 2.52. The minimum absolute atomic E-state index is 0.636. The maximum absolute atomic E-state index is 12.6. The van der Waals surface area contributed by atoms with E-state index in [0.29, 0.717) is 18.2 Å². The van der Waals surface area contributed by atoms with Crippen molar-refractivity contribution in [1.82, 2.24) is 0 Å². The number of alkyl halides is 3. The first-order valence-corrected chi connectivity index (χ1v) is 4.55. The molecule has 0 fully saturated rings. The van der Waals surface area contributed by atoms with E-state index in [1.165, 1.54) is 0 Å². The Hall–Kier alpha value is -2.38. The van der Waals surface area contributed by atoms with Crippen molar-refractivity contribution in [3.8, 4) is 0 Å². The van der Waals surface area contributed by atoms with Crippen molar-refractivity contribution in [3.63, 3.8) is 0 Å². The van der Waals surface area contributed by atoms with Crippen molar-refractivity contribution in [3.05, 3.63) is 45.5 Å². The lowest BCUT2D eigenvalue weighted by Gasteiger charge is -2.10. The van der Waals surface area contributed by atoms with Crippen LogP contribution in [0.15, 0.2) is 24.3 Å². The van der Waals surface area contributed by atoms with Gasteiger partial charge in [0.1, 0.15) is 0 Å². The maximum atomic E-state index is 12.6. The molecule has 1 rings (SSSR count). The molecule has 1 aromatic rings. The zero-order valence-corrected chi connectivity index (χ0v) is 8.77. The first-order valence-electron chi connectivity index (χ1n) is 4.55. The zero-order valence-electron chi connectivity index (χ0n) is 8.77. The molecule has 0 aromatic heterocycles. The van der Waals surface area contributed by atoms with E-state index in [1.54, 1.807) is 0 Å². The summed E-state index contributed by atoms with van der Waals surface area (Å²) in [4.78, 5) is 20.2. The lowest BCUT2D eigenvalue weighted by Crippen LogP contribution is -2.10. The highest BCUT2D eigenvalue weighted by Gasteiger charge is 2.35. The third-order valence-corrected chi connectivity index (χ3v) is 2.00. The lowest BCUT2D eigenvalue weighted by molar-refractivity contribution is -0.385. The van der Waals surface area contributed by atoms with Crippen molar-refractivity contribution in [2.75, 3.05) is 0 Å². The van der Waals surface area contributed by atoms with E-state index in [4.69, 9.17) is 5.73 Å². The van der Waals surface area contributed by atoms with Gasteiger partial charge >= 0.3 is 6.18 Å². The number of hydrogen-bond donors (Lipinski definition) is 1. The van der Waals surface area contributed by atoms with Crippen LogP contribution in [0, 0.1) is 10.1 Å². The zero-order chi connectivity index (χ0) is 13.9. The molecule has 0 saturated heterocycles. The van der Waals surface area contributed by atoms with Crippen LogP contribution in [-0.4, -0.2) is 10.8 Å². The SMILES string of the molecule is NC(=O)/C=C/c1c([N+](=O)[O-])cccc1C(F)(F)F. The molecule has 0 unspecified atom stereocenters. The molecule has 0 aliphatic carbocycles. The molecular weight excluding hydrogens is 253 g/mol. The minimum atomic E-state index is -4.76. The molecule has 0 radical (unpaired) electrons. The molecule has 2 N–H and O–H groups in total. The van der Waals surface area contributed by atoms with Crippen LogP contribution < -0.4 is 5.73 Å². The Morgan fingerprint density at radius 1 is 1.39 bits per heavy atom. The quantitative estimate of drug-likeness (QED) is 0.513. The average Bonchev–Trinajstić information content (AvgIpc) is 2.24. The summed E-state index contributed by atoms with van der Waals surface area (Å²) < 4.78 is 37.9. The van der Waals surface area contributed by atoms with Crippen LogP contribution in [-0.2, 0) is 11.0 Å². The fourth-order valence-electron chi connectivity index (χ4n) is 1.30. The Morgan fingerprint density at radius 3 is 2.44 bits per heavy atom. The van der Waals surface area contributed by atoms with Crippen LogP contribution in [0.2, 0.25) is 0 Å². The highest BCUT2D eigenvalue weighted by atomic mass is 19.4. The van der Waals surface area contributed by atoms with Gasteiger partial charge in [-0.15, -0.1) is 0 Å². The molecule has 0 spiro atoms. The number of nitrogens with zero attached hydrogens (tertiary/aromatic N) is 1. The summed E-state index contributed by atoms with van der Waals surface area (Å²) in [5.41, 5.74) is 2.10. The van der Waals surface area contributed by atoms with Crippen molar-refractivity contribution in [2.45, 2.75) is 6.18 Å². The predicted molar refractivity (Wildman–Crippen MR) is 56.3 cm³/mol. The topological polar surface area (TPSA) is 86.2 Å². The van der Waals surface area contributed by atoms with Gasteiger partial charge < -0.3 is 5.73 Å². The predicted octanol–water partition coefficient (Wildman–Crippen LogP) is 2.11. The summed E-state index contributed by atoms with van der Waals surface area (Å²) in [7, 11) is 0. The van der Waals surface area contributed by atoms with E-state index < -0.39 is 33.8 Å². The number of nitro benzene ring substituents is 1. The van der Waals surface area contributed by atoms with Crippen LogP contribution in [0.5, 0.6) is 0 Å². The van der Waals surface area contributed by atoms with Gasteiger partial charge in [0.05, 0.1) is 16.1 Å². The molecule has 1 amide bonds. The van der Waals surface area contributed by atoms with Crippen molar-refractivity contribution < 1.29 is 22.9 Å². The normalized spacial score (nSPS) is 11.7. The number of nitro groups is 1. The first kappa shape index (κ1) is 13.7. The third kappa shape index (κ3) is 3.06. The lowest BCUT2D eigenvalue weighted by atomic mass is 10.0. The van der Waals surface area contributed by atoms with E-state index in [-0.39, 0.29) is 0 Å². The van der Waals surface area contributed by atoms with Gasteiger partial charge in [0.25, 0.3) is 5.69 Å².